The molecule has 190 valence electrons. The van der Waals surface area contributed by atoms with E-state index in [1.807, 2.05) is 0 Å². The molecule has 11 nitrogen and oxygen atoms in total. The molecular weight excluding hydrogens is 489 g/mol. The number of aliphatic hydroxyl groups is 1. The molecule has 1 aromatic carbocycles. The fourth-order valence-electron chi connectivity index (χ4n) is 3.80. The summed E-state index contributed by atoms with van der Waals surface area (Å²) >= 11 is 0. The second-order valence-electron chi connectivity index (χ2n) is 8.33. The zero-order valence-electron chi connectivity index (χ0n) is 18.9. The molecule has 2 aromatic rings. The van der Waals surface area contributed by atoms with Crippen molar-refractivity contribution in [2.45, 2.75) is 43.7 Å². The van der Waals surface area contributed by atoms with Crippen molar-refractivity contribution in [3.63, 3.8) is 0 Å². The van der Waals surface area contributed by atoms with Crippen LogP contribution in [-0.4, -0.2) is 69.8 Å². The summed E-state index contributed by atoms with van der Waals surface area (Å²) in [5, 5.41) is 12.8. The maximum absolute atomic E-state index is 14.8. The summed E-state index contributed by atoms with van der Waals surface area (Å²) in [6.07, 6.45) is -4.79. The van der Waals surface area contributed by atoms with Gasteiger partial charge in [-0.3, -0.25) is 13.9 Å². The molecule has 3 heterocycles. The Labute approximate surface area is 199 Å². The van der Waals surface area contributed by atoms with Gasteiger partial charge < -0.3 is 19.3 Å². The molecule has 0 radical (unpaired) electrons. The van der Waals surface area contributed by atoms with Gasteiger partial charge in [0.15, 0.2) is 6.10 Å². The van der Waals surface area contributed by atoms with Gasteiger partial charge in [0.25, 0.3) is 0 Å². The quantitative estimate of drug-likeness (QED) is 0.503. The summed E-state index contributed by atoms with van der Waals surface area (Å²) in [5.41, 5.74) is -0.655. The molecule has 35 heavy (non-hydrogen) atoms. The number of benzene rings is 1. The Morgan fingerprint density at radius 3 is 2.63 bits per heavy atom. The number of alkyl halides is 2. The monoisotopic (exact) mass is 514 g/mol. The molecule has 2 aliphatic heterocycles. The van der Waals surface area contributed by atoms with E-state index in [9.17, 15) is 28.0 Å². The number of aromatic nitrogens is 2. The second kappa shape index (κ2) is 9.75. The Morgan fingerprint density at radius 2 is 2.00 bits per heavy atom. The first-order valence-electron chi connectivity index (χ1n) is 10.8. The van der Waals surface area contributed by atoms with E-state index in [2.05, 4.69) is 10.1 Å². The van der Waals surface area contributed by atoms with Gasteiger partial charge in [0.1, 0.15) is 11.9 Å². The molecule has 2 saturated heterocycles. The molecule has 4 rings (SSSR count). The number of hydrogen-bond donors (Lipinski definition) is 2. The molecule has 2 N–H and O–H groups in total. The number of ether oxygens (including phenoxy) is 1. The number of amides is 1. The van der Waals surface area contributed by atoms with E-state index in [1.54, 1.807) is 25.2 Å². The van der Waals surface area contributed by atoms with Crippen LogP contribution in [0.4, 0.5) is 8.78 Å². The zero-order chi connectivity index (χ0) is 25.4. The summed E-state index contributed by atoms with van der Waals surface area (Å²) in [5.74, 6) is -4.06. The number of rotatable bonds is 8. The van der Waals surface area contributed by atoms with E-state index < -0.39 is 50.4 Å². The summed E-state index contributed by atoms with van der Waals surface area (Å²) in [6, 6.07) is 8.42. The van der Waals surface area contributed by atoms with Crippen LogP contribution in [0.15, 0.2) is 47.4 Å². The van der Waals surface area contributed by atoms with Crippen LogP contribution in [-0.2, 0) is 18.6 Å². The van der Waals surface area contributed by atoms with Crippen molar-refractivity contribution in [1.82, 2.24) is 19.5 Å². The van der Waals surface area contributed by atoms with Crippen molar-refractivity contribution in [3.8, 4) is 5.75 Å². The van der Waals surface area contributed by atoms with Crippen LogP contribution in [0.25, 0.3) is 0 Å². The van der Waals surface area contributed by atoms with E-state index in [4.69, 9.17) is 13.8 Å². The molecule has 5 atom stereocenters. The first kappa shape index (κ1) is 25.4. The number of hydrogen-bond acceptors (Lipinski definition) is 8. The molecule has 2 aliphatic rings. The van der Waals surface area contributed by atoms with E-state index in [0.29, 0.717) is 23.2 Å². The largest absolute Gasteiger partial charge is 0.459 e. The lowest BCUT2D eigenvalue weighted by Crippen LogP contribution is -2.42. The minimum absolute atomic E-state index is 0.149. The number of aryl methyl sites for hydroxylation is 1. The van der Waals surface area contributed by atoms with E-state index in [-0.39, 0.29) is 11.7 Å². The number of halogens is 2. The van der Waals surface area contributed by atoms with Crippen LogP contribution in [0.2, 0.25) is 0 Å². The van der Waals surface area contributed by atoms with Crippen molar-refractivity contribution >= 4 is 13.7 Å². The third-order valence-electron chi connectivity index (χ3n) is 5.72. The van der Waals surface area contributed by atoms with Crippen LogP contribution in [0, 0.1) is 6.92 Å². The molecule has 1 aromatic heterocycles. The van der Waals surface area contributed by atoms with Crippen LogP contribution in [0.5, 0.6) is 5.75 Å². The topological polar surface area (TPSA) is 132 Å². The Bertz CT molecular complexity index is 1180. The van der Waals surface area contributed by atoms with Gasteiger partial charge in [0, 0.05) is 25.5 Å². The van der Waals surface area contributed by atoms with Crippen LogP contribution in [0.3, 0.4) is 0 Å². The zero-order valence-corrected chi connectivity index (χ0v) is 19.8. The lowest BCUT2D eigenvalue weighted by atomic mass is 10.1. The van der Waals surface area contributed by atoms with Crippen LogP contribution < -0.4 is 15.3 Å². The summed E-state index contributed by atoms with van der Waals surface area (Å²) in [7, 11) is -2.71. The highest BCUT2D eigenvalue weighted by Gasteiger charge is 2.60. The maximum atomic E-state index is 14.8. The minimum Gasteiger partial charge on any atom is -0.413 e. The third kappa shape index (κ3) is 5.29. The first-order chi connectivity index (χ1) is 16.5. The highest BCUT2D eigenvalue weighted by Crippen LogP contribution is 2.48. The van der Waals surface area contributed by atoms with Gasteiger partial charge >= 0.3 is 19.4 Å². The number of aliphatic hydroxyl groups excluding tert-OH is 1. The molecule has 0 saturated carbocycles. The second-order valence-corrected chi connectivity index (χ2v) is 10.0. The molecule has 2 fully saturated rings. The summed E-state index contributed by atoms with van der Waals surface area (Å²) in [4.78, 5) is 29.5. The lowest BCUT2D eigenvalue weighted by Gasteiger charge is -2.24. The normalized spacial score (nSPS) is 27.7. The van der Waals surface area contributed by atoms with Crippen LogP contribution in [0.1, 0.15) is 18.3 Å². The van der Waals surface area contributed by atoms with Crippen molar-refractivity contribution < 1.29 is 37.0 Å². The molecule has 5 unspecified atom stereocenters. The fraction of sp³-hybridized carbons (Fsp3) is 0.476. The standard InChI is InChI=1S/C21H25F2N4O7P/c1-13-8-11-27(20(30)24-13)19-21(22,23)17(28)16(33-19)12-32-35(31,34-14-6-4-3-5-7-14)25-15-9-10-26(2)18(15)29/h3-8,11,15-17,19,28H,9-10,12H2,1-2H3,(H,25,31). The maximum Gasteiger partial charge on any atom is 0.459 e. The van der Waals surface area contributed by atoms with Crippen molar-refractivity contribution in [3.05, 3.63) is 58.8 Å². The average Bonchev–Trinajstić information content (AvgIpc) is 3.23. The Balaban J connectivity index is 1.53. The summed E-state index contributed by atoms with van der Waals surface area (Å²) < 4.78 is 59.9. The van der Waals surface area contributed by atoms with Crippen molar-refractivity contribution in [2.24, 2.45) is 0 Å². The van der Waals surface area contributed by atoms with E-state index in [0.717, 1.165) is 6.20 Å². The lowest BCUT2D eigenvalue weighted by molar-refractivity contribution is -0.141. The average molecular weight is 514 g/mol. The predicted molar refractivity (Wildman–Crippen MR) is 118 cm³/mol. The third-order valence-corrected chi connectivity index (χ3v) is 7.29. The Kier molecular flexibility index (Phi) is 7.07. The predicted octanol–water partition coefficient (Wildman–Crippen LogP) is 1.47. The minimum atomic E-state index is -4.30. The summed E-state index contributed by atoms with van der Waals surface area (Å²) in [6.45, 7) is 1.16. The van der Waals surface area contributed by atoms with Gasteiger partial charge in [-0.25, -0.2) is 9.36 Å². The van der Waals surface area contributed by atoms with E-state index >= 15 is 0 Å². The smallest absolute Gasteiger partial charge is 0.413 e. The SMILES string of the molecule is Cc1ccn(C2OC(COP(=O)(NC3CCN(C)C3=O)Oc3ccccc3)C(O)C2(F)F)c(=O)n1. The van der Waals surface area contributed by atoms with Crippen molar-refractivity contribution in [2.75, 3.05) is 20.2 Å². The number of carbonyl (C=O) groups is 1. The van der Waals surface area contributed by atoms with E-state index in [1.165, 1.54) is 30.0 Å². The Morgan fingerprint density at radius 1 is 1.29 bits per heavy atom. The number of nitrogens with zero attached hydrogens (tertiary/aromatic N) is 3. The molecule has 14 heteroatoms. The highest BCUT2D eigenvalue weighted by atomic mass is 31.2. The number of carbonyl (C=O) groups excluding carboxylic acids is 1. The number of nitrogens with one attached hydrogen (secondary N) is 1. The number of likely N-dealkylation sites (tertiary alicyclic amines) is 1. The highest BCUT2D eigenvalue weighted by molar-refractivity contribution is 7.52. The van der Waals surface area contributed by atoms with Crippen molar-refractivity contribution in [1.29, 1.82) is 0 Å². The van der Waals surface area contributed by atoms with Gasteiger partial charge in [0.2, 0.25) is 12.1 Å². The molecule has 0 aliphatic carbocycles. The fourth-order valence-corrected chi connectivity index (χ4v) is 5.34. The molecule has 1 amide bonds. The molecule has 0 bridgehead atoms. The van der Waals surface area contributed by atoms with Gasteiger partial charge in [-0.05, 0) is 31.5 Å². The van der Waals surface area contributed by atoms with Crippen LogP contribution >= 0.6 is 7.75 Å². The van der Waals surface area contributed by atoms with Gasteiger partial charge in [0.05, 0.1) is 12.6 Å². The first-order valence-corrected chi connectivity index (χ1v) is 12.3. The van der Waals surface area contributed by atoms with Gasteiger partial charge in [-0.2, -0.15) is 18.9 Å². The molecular formula is C21H25F2N4O7P. The number of para-hydroxylation sites is 1. The Hall–Kier alpha value is -2.70. The number of likely N-dealkylation sites (N-methyl/N-ethyl adjacent to an activating group) is 1. The van der Waals surface area contributed by atoms with Gasteiger partial charge in [-0.15, -0.1) is 0 Å². The van der Waals surface area contributed by atoms with Gasteiger partial charge in [-0.1, -0.05) is 18.2 Å². The molecule has 0 spiro atoms.